The minimum absolute atomic E-state index is 0.128. The molecular formula is C11H16O. The van der Waals surface area contributed by atoms with Crippen LogP contribution >= 0.6 is 0 Å². The number of rotatable bonds is 1. The maximum absolute atomic E-state index is 10.8. The summed E-state index contributed by atoms with van der Waals surface area (Å²) in [5.41, 5.74) is 1.92. The molecule has 0 atom stereocenters. The van der Waals surface area contributed by atoms with Crippen molar-refractivity contribution in [3.05, 3.63) is 35.4 Å². The quantitative estimate of drug-likeness (QED) is 0.582. The second-order valence-corrected chi connectivity index (χ2v) is 2.43. The number of aryl methyl sites for hydroxylation is 1. The summed E-state index contributed by atoms with van der Waals surface area (Å²) in [7, 11) is 0. The molecule has 0 amide bonds. The number of hydrogen-bond donors (Lipinski definition) is 0. The van der Waals surface area contributed by atoms with Gasteiger partial charge in [0.15, 0.2) is 5.78 Å². The van der Waals surface area contributed by atoms with Crippen molar-refractivity contribution < 1.29 is 4.79 Å². The highest BCUT2D eigenvalue weighted by molar-refractivity contribution is 5.94. The van der Waals surface area contributed by atoms with Crippen molar-refractivity contribution in [3.63, 3.8) is 0 Å². The molecule has 0 spiro atoms. The molecule has 0 saturated heterocycles. The van der Waals surface area contributed by atoms with Crippen molar-refractivity contribution in [1.82, 2.24) is 0 Å². The van der Waals surface area contributed by atoms with Gasteiger partial charge in [0, 0.05) is 5.56 Å². The van der Waals surface area contributed by atoms with Crippen molar-refractivity contribution in [2.45, 2.75) is 27.7 Å². The molecule has 0 saturated carbocycles. The maximum atomic E-state index is 10.8. The first-order valence-corrected chi connectivity index (χ1v) is 4.28. The molecule has 1 aromatic rings. The van der Waals surface area contributed by atoms with Gasteiger partial charge in [0.25, 0.3) is 0 Å². The van der Waals surface area contributed by atoms with E-state index in [1.807, 2.05) is 45.0 Å². The Morgan fingerprint density at radius 1 is 1.25 bits per heavy atom. The van der Waals surface area contributed by atoms with Gasteiger partial charge in [-0.2, -0.15) is 0 Å². The number of hydrogen-bond acceptors (Lipinski definition) is 1. The molecule has 66 valence electrons. The van der Waals surface area contributed by atoms with E-state index in [-0.39, 0.29) is 5.78 Å². The van der Waals surface area contributed by atoms with Gasteiger partial charge in [-0.05, 0) is 19.9 Å². The zero-order valence-corrected chi connectivity index (χ0v) is 8.22. The normalized spacial score (nSPS) is 8.33. The SMILES string of the molecule is CC.CC(=O)c1cccc(C)c1. The van der Waals surface area contributed by atoms with E-state index >= 15 is 0 Å². The summed E-state index contributed by atoms with van der Waals surface area (Å²) < 4.78 is 0. The predicted octanol–water partition coefficient (Wildman–Crippen LogP) is 3.22. The van der Waals surface area contributed by atoms with Crippen LogP contribution in [0, 0.1) is 6.92 Å². The van der Waals surface area contributed by atoms with Crippen LogP contribution in [-0.4, -0.2) is 5.78 Å². The Balaban J connectivity index is 0.000000561. The van der Waals surface area contributed by atoms with Gasteiger partial charge in [-0.1, -0.05) is 37.6 Å². The number of carbonyl (C=O) groups is 1. The summed E-state index contributed by atoms with van der Waals surface area (Å²) in [6.07, 6.45) is 0. The van der Waals surface area contributed by atoms with E-state index in [4.69, 9.17) is 0 Å². The molecule has 0 aliphatic heterocycles. The van der Waals surface area contributed by atoms with Gasteiger partial charge in [0.1, 0.15) is 0 Å². The van der Waals surface area contributed by atoms with Crippen molar-refractivity contribution in [1.29, 1.82) is 0 Å². The van der Waals surface area contributed by atoms with E-state index in [1.54, 1.807) is 6.92 Å². The van der Waals surface area contributed by atoms with Gasteiger partial charge in [-0.25, -0.2) is 0 Å². The van der Waals surface area contributed by atoms with E-state index in [0.29, 0.717) is 0 Å². The van der Waals surface area contributed by atoms with Crippen LogP contribution in [0.15, 0.2) is 24.3 Å². The Morgan fingerprint density at radius 2 is 1.83 bits per heavy atom. The lowest BCUT2D eigenvalue weighted by atomic mass is 10.1. The molecule has 0 fully saturated rings. The first-order chi connectivity index (χ1) is 5.70. The smallest absolute Gasteiger partial charge is 0.159 e. The molecule has 0 aliphatic carbocycles. The maximum Gasteiger partial charge on any atom is 0.159 e. The molecule has 0 radical (unpaired) electrons. The molecule has 1 rings (SSSR count). The van der Waals surface area contributed by atoms with Crippen LogP contribution in [0.2, 0.25) is 0 Å². The third-order valence-corrected chi connectivity index (χ3v) is 1.42. The van der Waals surface area contributed by atoms with Crippen LogP contribution < -0.4 is 0 Å². The standard InChI is InChI=1S/C9H10O.C2H6/c1-7-4-3-5-9(6-7)8(2)10;1-2/h3-6H,1-2H3;1-2H3. The third-order valence-electron chi connectivity index (χ3n) is 1.42. The first-order valence-electron chi connectivity index (χ1n) is 4.28. The molecule has 12 heavy (non-hydrogen) atoms. The predicted molar refractivity (Wildman–Crippen MR) is 52.5 cm³/mol. The Hall–Kier alpha value is -1.11. The first kappa shape index (κ1) is 10.9. The third kappa shape index (κ3) is 3.33. The van der Waals surface area contributed by atoms with Gasteiger partial charge in [0.2, 0.25) is 0 Å². The zero-order chi connectivity index (χ0) is 9.56. The van der Waals surface area contributed by atoms with E-state index in [9.17, 15) is 4.79 Å². The summed E-state index contributed by atoms with van der Waals surface area (Å²) in [6.45, 7) is 7.56. The molecule has 0 heterocycles. The van der Waals surface area contributed by atoms with E-state index < -0.39 is 0 Å². The van der Waals surface area contributed by atoms with Crippen molar-refractivity contribution in [3.8, 4) is 0 Å². The molecule has 0 unspecified atom stereocenters. The van der Waals surface area contributed by atoms with Crippen LogP contribution in [0.5, 0.6) is 0 Å². The molecule has 1 nitrogen and oxygen atoms in total. The Bertz CT molecular complexity index is 251. The lowest BCUT2D eigenvalue weighted by Crippen LogP contribution is -1.90. The summed E-state index contributed by atoms with van der Waals surface area (Å²) in [5.74, 6) is 0.128. The van der Waals surface area contributed by atoms with Crippen LogP contribution in [0.1, 0.15) is 36.7 Å². The van der Waals surface area contributed by atoms with Gasteiger partial charge in [-0.3, -0.25) is 4.79 Å². The van der Waals surface area contributed by atoms with E-state index in [2.05, 4.69) is 0 Å². The van der Waals surface area contributed by atoms with E-state index in [1.165, 1.54) is 0 Å². The molecule has 0 bridgehead atoms. The Kier molecular flexibility index (Phi) is 5.02. The lowest BCUT2D eigenvalue weighted by molar-refractivity contribution is 0.101. The summed E-state index contributed by atoms with van der Waals surface area (Å²) in [5, 5.41) is 0. The van der Waals surface area contributed by atoms with Crippen molar-refractivity contribution >= 4 is 5.78 Å². The van der Waals surface area contributed by atoms with Crippen molar-refractivity contribution in [2.24, 2.45) is 0 Å². The monoisotopic (exact) mass is 164 g/mol. The van der Waals surface area contributed by atoms with Crippen LogP contribution in [0.4, 0.5) is 0 Å². The molecule has 1 aromatic carbocycles. The lowest BCUT2D eigenvalue weighted by Gasteiger charge is -1.94. The Labute approximate surface area is 74.4 Å². The van der Waals surface area contributed by atoms with Crippen LogP contribution in [0.25, 0.3) is 0 Å². The molecular weight excluding hydrogens is 148 g/mol. The largest absolute Gasteiger partial charge is 0.295 e. The van der Waals surface area contributed by atoms with Gasteiger partial charge < -0.3 is 0 Å². The number of benzene rings is 1. The fraction of sp³-hybridized carbons (Fsp3) is 0.364. The average molecular weight is 164 g/mol. The number of ketones is 1. The highest BCUT2D eigenvalue weighted by Gasteiger charge is 1.95. The molecule has 0 aliphatic rings. The number of carbonyl (C=O) groups excluding carboxylic acids is 1. The zero-order valence-electron chi connectivity index (χ0n) is 8.22. The minimum atomic E-state index is 0.128. The van der Waals surface area contributed by atoms with Gasteiger partial charge >= 0.3 is 0 Å². The number of Topliss-reactive ketones (excluding diaryl/α,β-unsaturated/α-hetero) is 1. The van der Waals surface area contributed by atoms with Crippen LogP contribution in [0.3, 0.4) is 0 Å². The summed E-state index contributed by atoms with van der Waals surface area (Å²) >= 11 is 0. The van der Waals surface area contributed by atoms with E-state index in [0.717, 1.165) is 11.1 Å². The molecule has 0 N–H and O–H groups in total. The van der Waals surface area contributed by atoms with Crippen molar-refractivity contribution in [2.75, 3.05) is 0 Å². The fourth-order valence-corrected chi connectivity index (χ4v) is 0.864. The Morgan fingerprint density at radius 3 is 2.17 bits per heavy atom. The topological polar surface area (TPSA) is 17.1 Å². The highest BCUT2D eigenvalue weighted by Crippen LogP contribution is 2.03. The average Bonchev–Trinajstić information content (AvgIpc) is 2.08. The second-order valence-electron chi connectivity index (χ2n) is 2.43. The van der Waals surface area contributed by atoms with Gasteiger partial charge in [-0.15, -0.1) is 0 Å². The molecule has 0 aromatic heterocycles. The summed E-state index contributed by atoms with van der Waals surface area (Å²) in [6, 6.07) is 7.59. The van der Waals surface area contributed by atoms with Gasteiger partial charge in [0.05, 0.1) is 0 Å². The summed E-state index contributed by atoms with van der Waals surface area (Å²) in [4.78, 5) is 10.8. The minimum Gasteiger partial charge on any atom is -0.295 e. The molecule has 1 heteroatoms. The highest BCUT2D eigenvalue weighted by atomic mass is 16.1. The van der Waals surface area contributed by atoms with Crippen LogP contribution in [-0.2, 0) is 0 Å². The fourth-order valence-electron chi connectivity index (χ4n) is 0.864. The second kappa shape index (κ2) is 5.53.